The van der Waals surface area contributed by atoms with Crippen LogP contribution in [-0.4, -0.2) is 189 Å². The van der Waals surface area contributed by atoms with Gasteiger partial charge in [-0.1, -0.05) is 57.8 Å². The minimum Gasteiger partial charge on any atom is -0.384 e. The number of β-lactam (4-membered cyclic amide) rings is 3. The van der Waals surface area contributed by atoms with Crippen molar-refractivity contribution in [3.63, 3.8) is 0 Å². The average molecular weight is 1560 g/mol. The van der Waals surface area contributed by atoms with Crippen molar-refractivity contribution in [2.45, 2.75) is 170 Å². The van der Waals surface area contributed by atoms with Gasteiger partial charge in [-0.25, -0.2) is 59.2 Å². The number of likely N-dealkylation sites (tertiary alicyclic amines) is 3. The first kappa shape index (κ1) is 82.2. The molecule has 0 aromatic carbocycles. The van der Waals surface area contributed by atoms with E-state index < -0.39 is 144 Å². The van der Waals surface area contributed by atoms with E-state index in [-0.39, 0.29) is 48.5 Å². The summed E-state index contributed by atoms with van der Waals surface area (Å²) in [5.41, 5.74) is 19.3. The molecule has 6 aromatic rings. The number of anilines is 6. The zero-order valence-electron chi connectivity index (χ0n) is 60.6. The van der Waals surface area contributed by atoms with Crippen LogP contribution in [0.2, 0.25) is 0 Å². The molecule has 0 radical (unpaired) electrons. The molecule has 6 fully saturated rings. The van der Waals surface area contributed by atoms with E-state index in [0.717, 1.165) is 29.1 Å². The van der Waals surface area contributed by atoms with E-state index in [0.29, 0.717) is 114 Å². The highest BCUT2D eigenvalue weighted by Crippen LogP contribution is 2.42. The number of aromatic nitrogens is 9. The number of nitrogens with one attached hydrogen (secondary N) is 3. The third kappa shape index (κ3) is 19.6. The molecular weight excluding hydrogens is 1470 g/mol. The van der Waals surface area contributed by atoms with Crippen LogP contribution >= 0.6 is 0 Å². The van der Waals surface area contributed by atoms with Gasteiger partial charge < -0.3 is 38.1 Å². The maximum atomic E-state index is 13.9. The first-order valence-corrected chi connectivity index (χ1v) is 36.1. The van der Waals surface area contributed by atoms with E-state index in [1.165, 1.54) is 113 Å². The summed E-state index contributed by atoms with van der Waals surface area (Å²) in [5.74, 6) is -8.73. The second-order valence-electron chi connectivity index (χ2n) is 28.2. The SMILES string of the molecule is CN(C(=O)[C@@H]1[C@@H](Cc2ccnc(N)c2)C(=O)N1C(=O)N[C@@H](C1CCCCC1)C(F)(F)F)c1ccncn1.CN(C(=O)[C@@H]1[C@@H](Cc2ccnc(N)c2)C(=O)N1C(=O)N[C@@H](C1CCCCC1)C(F)(F)F)c1cncnc1.CN(C(=O)[C@@H]1[C@@H](Cc2ccnc(N)c2)C(=O)N1C(=O)N[C@@H](C1CCCCC1)C(F)(F)F)c1ncccn1. The molecule has 12 amide bonds. The number of imide groups is 3. The molecule has 3 aliphatic carbocycles. The lowest BCUT2D eigenvalue weighted by molar-refractivity contribution is -0.171. The van der Waals surface area contributed by atoms with Crippen molar-refractivity contribution >= 4 is 88.4 Å². The standard InChI is InChI=1S/3C24H28F3N7O3/c1-33(22-30-9-5-10-31-22)21(36)18-16(12-14-8-11-29-17(28)13-14)20(35)34(18)23(37)32-19(24(25,26)27)15-6-3-2-4-7-15;1-33(18-8-9-29-13-31-18)22(36)19-16(11-14-7-10-30-17(28)12-14)21(35)34(19)23(37)32-20(24(25,26)27)15-5-3-2-4-6-15;1-33(16-11-29-13-30-12-16)22(36)19-17(9-14-7-8-31-18(28)10-14)21(35)34(19)23(37)32-20(24(25,26)27)15-5-3-2-4-6-15/h5,8-11,13,15-16,18-19H,2-4,6-7,12H2,1H3,(H2,28,29)(H,32,37);7-10,12-13,15-16,19-20H,2-6,11H2,1H3,(H2,28,30)(H,32,37);7-8,10-13,15,17,19-20H,2-6,9H2,1H3,(H2,28,31)(H,32,37)/t16-,18+,19+;16-,19+,20+;17-,19+,20+/m111/s1. The Kier molecular flexibility index (Phi) is 26.3. The minimum absolute atomic E-state index is 0.0227. The van der Waals surface area contributed by atoms with Crippen molar-refractivity contribution in [2.24, 2.45) is 35.5 Å². The molecule has 594 valence electrons. The number of carbonyl (C=O) groups is 9. The number of pyridine rings is 3. The molecule has 9 N–H and O–H groups in total. The molecule has 12 rings (SSSR count). The molecule has 6 aromatic heterocycles. The highest BCUT2D eigenvalue weighted by Gasteiger charge is 2.61. The average Bonchev–Trinajstić information content (AvgIpc) is 0.750. The lowest BCUT2D eigenvalue weighted by Crippen LogP contribution is -2.71. The Morgan fingerprint density at radius 2 is 0.766 bits per heavy atom. The Hall–Kier alpha value is -11.3. The number of nitrogens with two attached hydrogens (primary N) is 3. The normalized spacial score (nSPS) is 21.2. The number of urea groups is 3. The summed E-state index contributed by atoms with van der Waals surface area (Å²) in [6, 6.07) is -1.60. The van der Waals surface area contributed by atoms with Gasteiger partial charge >= 0.3 is 36.6 Å². The molecule has 0 bridgehead atoms. The van der Waals surface area contributed by atoms with Crippen LogP contribution in [0.4, 0.5) is 88.8 Å². The Balaban J connectivity index is 0.000000177. The minimum atomic E-state index is -4.70. The summed E-state index contributed by atoms with van der Waals surface area (Å²) >= 11 is 0. The number of amides is 12. The summed E-state index contributed by atoms with van der Waals surface area (Å²) in [5, 5.41) is 6.09. The number of carbonyl (C=O) groups excluding carboxylic acids is 9. The lowest BCUT2D eigenvalue weighted by Gasteiger charge is -2.46. The number of alkyl halides is 9. The molecular formula is C72H84F9N21O9. The number of nitrogen functional groups attached to an aromatic ring is 3. The number of halogens is 9. The number of hydrogen-bond acceptors (Lipinski definition) is 21. The van der Waals surface area contributed by atoms with Crippen molar-refractivity contribution in [3.05, 3.63) is 127 Å². The van der Waals surface area contributed by atoms with Crippen molar-refractivity contribution in [1.29, 1.82) is 0 Å². The van der Waals surface area contributed by atoms with E-state index in [9.17, 15) is 82.7 Å². The molecule has 3 saturated carbocycles. The third-order valence-electron chi connectivity index (χ3n) is 20.9. The number of likely N-dealkylation sites (N-methyl/N-ethyl adjacent to an activating group) is 3. The molecule has 3 aliphatic heterocycles. The Morgan fingerprint density at radius 3 is 1.08 bits per heavy atom. The highest BCUT2D eigenvalue weighted by molar-refractivity contribution is 6.14. The van der Waals surface area contributed by atoms with Crippen LogP contribution < -0.4 is 47.9 Å². The molecule has 3 saturated heterocycles. The van der Waals surface area contributed by atoms with Crippen molar-refractivity contribution < 1.29 is 82.7 Å². The number of rotatable bonds is 18. The summed E-state index contributed by atoms with van der Waals surface area (Å²) in [4.78, 5) is 160. The van der Waals surface area contributed by atoms with Gasteiger partial charge in [-0.3, -0.25) is 53.3 Å². The first-order chi connectivity index (χ1) is 52.7. The molecule has 30 nitrogen and oxygen atoms in total. The fourth-order valence-electron chi connectivity index (χ4n) is 15.2. The molecule has 0 spiro atoms. The number of nitrogens with zero attached hydrogens (tertiary/aromatic N) is 15. The van der Waals surface area contributed by atoms with Crippen LogP contribution in [0.1, 0.15) is 113 Å². The third-order valence-corrected chi connectivity index (χ3v) is 20.9. The van der Waals surface area contributed by atoms with Gasteiger partial charge in [0, 0.05) is 58.3 Å². The van der Waals surface area contributed by atoms with Gasteiger partial charge in [-0.15, -0.1) is 0 Å². The fraction of sp³-hybridized carbons (Fsp3) is 0.500. The van der Waals surface area contributed by atoms with E-state index in [2.05, 4.69) is 44.9 Å². The predicted octanol–water partition coefficient (Wildman–Crippen LogP) is 8.12. The fourth-order valence-corrected chi connectivity index (χ4v) is 15.2. The van der Waals surface area contributed by atoms with Gasteiger partial charge in [0.25, 0.3) is 17.7 Å². The summed E-state index contributed by atoms with van der Waals surface area (Å²) < 4.78 is 125. The van der Waals surface area contributed by atoms with Crippen molar-refractivity contribution in [3.8, 4) is 0 Å². The maximum Gasteiger partial charge on any atom is 0.408 e. The number of hydrogen-bond donors (Lipinski definition) is 6. The Morgan fingerprint density at radius 1 is 0.432 bits per heavy atom. The van der Waals surface area contributed by atoms with E-state index in [1.54, 1.807) is 24.3 Å². The summed E-state index contributed by atoms with van der Waals surface area (Å²) in [6.07, 6.45) is 8.13. The molecule has 9 atom stereocenters. The Labute approximate surface area is 630 Å². The topological polar surface area (TPSA) is 403 Å². The Bertz CT molecular complexity index is 3850. The van der Waals surface area contributed by atoms with Gasteiger partial charge in [-0.2, -0.15) is 39.5 Å². The highest BCUT2D eigenvalue weighted by atomic mass is 19.4. The zero-order valence-corrected chi connectivity index (χ0v) is 60.6. The van der Waals surface area contributed by atoms with Crippen LogP contribution in [0.25, 0.3) is 0 Å². The van der Waals surface area contributed by atoms with Gasteiger partial charge in [0.2, 0.25) is 23.7 Å². The smallest absolute Gasteiger partial charge is 0.384 e. The van der Waals surface area contributed by atoms with E-state index in [4.69, 9.17) is 17.2 Å². The zero-order chi connectivity index (χ0) is 80.2. The molecule has 39 heteroatoms. The van der Waals surface area contributed by atoms with E-state index in [1.807, 2.05) is 16.0 Å². The summed E-state index contributed by atoms with van der Waals surface area (Å²) in [7, 11) is 4.20. The van der Waals surface area contributed by atoms with Crippen LogP contribution in [0.15, 0.2) is 111 Å². The first-order valence-electron chi connectivity index (χ1n) is 36.1. The van der Waals surface area contributed by atoms with Crippen molar-refractivity contribution in [1.82, 2.24) is 75.5 Å². The largest absolute Gasteiger partial charge is 0.408 e. The van der Waals surface area contributed by atoms with Gasteiger partial charge in [0.15, 0.2) is 0 Å². The second-order valence-corrected chi connectivity index (χ2v) is 28.2. The van der Waals surface area contributed by atoms with Crippen molar-refractivity contribution in [2.75, 3.05) is 53.0 Å². The van der Waals surface area contributed by atoms with Crippen LogP contribution in [0.5, 0.6) is 0 Å². The lowest BCUT2D eigenvalue weighted by atomic mass is 9.81. The predicted molar refractivity (Wildman–Crippen MR) is 381 cm³/mol. The second kappa shape index (κ2) is 35.6. The van der Waals surface area contributed by atoms with Crippen LogP contribution in [-0.2, 0) is 48.0 Å². The van der Waals surface area contributed by atoms with Crippen LogP contribution in [0.3, 0.4) is 0 Å². The molecule has 6 aliphatic rings. The van der Waals surface area contributed by atoms with Gasteiger partial charge in [0.05, 0.1) is 35.8 Å². The molecule has 111 heavy (non-hydrogen) atoms. The van der Waals surface area contributed by atoms with Gasteiger partial charge in [-0.05, 0) is 141 Å². The molecule has 9 heterocycles. The maximum absolute atomic E-state index is 13.9. The van der Waals surface area contributed by atoms with Gasteiger partial charge in [0.1, 0.15) is 72.2 Å². The van der Waals surface area contributed by atoms with E-state index >= 15 is 0 Å². The monoisotopic (exact) mass is 1560 g/mol. The quantitative estimate of drug-likeness (QED) is 0.0349. The van der Waals surface area contributed by atoms with Crippen LogP contribution in [0, 0.1) is 35.5 Å². The summed E-state index contributed by atoms with van der Waals surface area (Å²) in [6.45, 7) is 0. The molecule has 0 unspecified atom stereocenters.